The van der Waals surface area contributed by atoms with Crippen LogP contribution >= 0.6 is 0 Å². The molecule has 152 valence electrons. The summed E-state index contributed by atoms with van der Waals surface area (Å²) in [6.07, 6.45) is 1.12. The molecule has 1 N–H and O–H groups in total. The SMILES string of the molecule is Cc1ccc(N([C@@H](C)C(=O)NCc2ccc3ccccc3c2)S(C)(=O)=O)cc1C. The van der Waals surface area contributed by atoms with Gasteiger partial charge < -0.3 is 5.32 Å². The molecule has 0 aliphatic rings. The van der Waals surface area contributed by atoms with E-state index < -0.39 is 16.1 Å². The largest absolute Gasteiger partial charge is 0.350 e. The van der Waals surface area contributed by atoms with Gasteiger partial charge in [-0.05, 0) is 66.4 Å². The average Bonchev–Trinajstić information content (AvgIpc) is 2.67. The second-order valence-corrected chi connectivity index (χ2v) is 9.26. The molecule has 0 radical (unpaired) electrons. The molecule has 1 amide bonds. The fourth-order valence-corrected chi connectivity index (χ4v) is 4.52. The normalized spacial score (nSPS) is 12.6. The number of sulfonamides is 1. The van der Waals surface area contributed by atoms with Crippen molar-refractivity contribution in [2.75, 3.05) is 10.6 Å². The van der Waals surface area contributed by atoms with Crippen LogP contribution in [0.2, 0.25) is 0 Å². The molecule has 0 heterocycles. The van der Waals surface area contributed by atoms with Crippen molar-refractivity contribution in [3.8, 4) is 0 Å². The van der Waals surface area contributed by atoms with Crippen LogP contribution in [0.15, 0.2) is 60.7 Å². The number of nitrogens with zero attached hydrogens (tertiary/aromatic N) is 1. The summed E-state index contributed by atoms with van der Waals surface area (Å²) in [5, 5.41) is 5.10. The van der Waals surface area contributed by atoms with Crippen LogP contribution in [0.3, 0.4) is 0 Å². The molecule has 0 aliphatic heterocycles. The minimum atomic E-state index is -3.63. The van der Waals surface area contributed by atoms with Crippen LogP contribution in [0.5, 0.6) is 0 Å². The van der Waals surface area contributed by atoms with Crippen molar-refractivity contribution < 1.29 is 13.2 Å². The quantitative estimate of drug-likeness (QED) is 0.670. The first-order valence-corrected chi connectivity index (χ1v) is 11.3. The third kappa shape index (κ3) is 4.77. The molecule has 6 heteroatoms. The van der Waals surface area contributed by atoms with Crippen molar-refractivity contribution in [2.45, 2.75) is 33.4 Å². The number of rotatable bonds is 6. The maximum absolute atomic E-state index is 12.8. The number of carbonyl (C=O) groups is 1. The average molecular weight is 411 g/mol. The molecular formula is C23H26N2O3S. The Morgan fingerprint density at radius 1 is 0.966 bits per heavy atom. The highest BCUT2D eigenvalue weighted by atomic mass is 32.2. The Bertz CT molecular complexity index is 1160. The highest BCUT2D eigenvalue weighted by molar-refractivity contribution is 7.92. The molecule has 0 spiro atoms. The Balaban J connectivity index is 1.78. The molecule has 3 rings (SSSR count). The fraction of sp³-hybridized carbons (Fsp3) is 0.261. The Hall–Kier alpha value is -2.86. The number of amides is 1. The molecule has 0 aromatic heterocycles. The van der Waals surface area contributed by atoms with E-state index in [1.54, 1.807) is 19.1 Å². The van der Waals surface area contributed by atoms with E-state index in [9.17, 15) is 13.2 Å². The van der Waals surface area contributed by atoms with Crippen molar-refractivity contribution in [3.63, 3.8) is 0 Å². The monoisotopic (exact) mass is 410 g/mol. The van der Waals surface area contributed by atoms with Gasteiger partial charge in [0.2, 0.25) is 15.9 Å². The Kier molecular flexibility index (Phi) is 5.94. The number of carbonyl (C=O) groups excluding carboxylic acids is 1. The maximum Gasteiger partial charge on any atom is 0.243 e. The van der Waals surface area contributed by atoms with Gasteiger partial charge in [-0.3, -0.25) is 9.10 Å². The minimum absolute atomic E-state index is 0.332. The van der Waals surface area contributed by atoms with Crippen molar-refractivity contribution in [2.24, 2.45) is 0 Å². The summed E-state index contributed by atoms with van der Waals surface area (Å²) in [6.45, 7) is 5.82. The Labute approximate surface area is 172 Å². The number of hydrogen-bond acceptors (Lipinski definition) is 3. The molecule has 5 nitrogen and oxygen atoms in total. The van der Waals surface area contributed by atoms with E-state index in [1.807, 2.05) is 62.4 Å². The van der Waals surface area contributed by atoms with Gasteiger partial charge >= 0.3 is 0 Å². The highest BCUT2D eigenvalue weighted by Gasteiger charge is 2.29. The summed E-state index contributed by atoms with van der Waals surface area (Å²) < 4.78 is 26.1. The van der Waals surface area contributed by atoms with E-state index in [-0.39, 0.29) is 5.91 Å². The van der Waals surface area contributed by atoms with E-state index >= 15 is 0 Å². The molecule has 0 bridgehead atoms. The molecule has 0 saturated heterocycles. The molecule has 29 heavy (non-hydrogen) atoms. The van der Waals surface area contributed by atoms with Gasteiger partial charge in [-0.2, -0.15) is 0 Å². The first-order chi connectivity index (χ1) is 13.7. The van der Waals surface area contributed by atoms with E-state index in [0.717, 1.165) is 33.7 Å². The predicted molar refractivity (Wildman–Crippen MR) is 118 cm³/mol. The molecule has 1 atom stereocenters. The van der Waals surface area contributed by atoms with E-state index in [1.165, 1.54) is 4.31 Å². The number of fused-ring (bicyclic) bond motifs is 1. The van der Waals surface area contributed by atoms with Gasteiger partial charge in [0.1, 0.15) is 6.04 Å². The smallest absolute Gasteiger partial charge is 0.243 e. The molecular weight excluding hydrogens is 384 g/mol. The molecule has 3 aromatic carbocycles. The van der Waals surface area contributed by atoms with Gasteiger partial charge in [0, 0.05) is 6.54 Å². The van der Waals surface area contributed by atoms with E-state index in [2.05, 4.69) is 5.32 Å². The lowest BCUT2D eigenvalue weighted by molar-refractivity contribution is -0.122. The lowest BCUT2D eigenvalue weighted by Crippen LogP contribution is -2.47. The summed E-state index contributed by atoms with van der Waals surface area (Å²) in [6, 6.07) is 18.5. The van der Waals surface area contributed by atoms with E-state index in [0.29, 0.717) is 12.2 Å². The first-order valence-electron chi connectivity index (χ1n) is 9.49. The van der Waals surface area contributed by atoms with Crippen LogP contribution in [0.25, 0.3) is 10.8 Å². The predicted octanol–water partition coefficient (Wildman–Crippen LogP) is 3.93. The van der Waals surface area contributed by atoms with Crippen molar-refractivity contribution in [1.82, 2.24) is 5.32 Å². The molecule has 0 aliphatic carbocycles. The van der Waals surface area contributed by atoms with Crippen LogP contribution in [-0.4, -0.2) is 26.6 Å². The Morgan fingerprint density at radius 3 is 2.31 bits per heavy atom. The summed E-state index contributed by atoms with van der Waals surface area (Å²) in [7, 11) is -3.63. The number of anilines is 1. The highest BCUT2D eigenvalue weighted by Crippen LogP contribution is 2.24. The number of hydrogen-bond donors (Lipinski definition) is 1. The topological polar surface area (TPSA) is 66.5 Å². The molecule has 0 fully saturated rings. The zero-order chi connectivity index (χ0) is 21.2. The summed E-state index contributed by atoms with van der Waals surface area (Å²) in [5.74, 6) is -0.346. The summed E-state index contributed by atoms with van der Waals surface area (Å²) in [5.41, 5.74) is 3.49. The van der Waals surface area contributed by atoms with Crippen LogP contribution in [0, 0.1) is 13.8 Å². The van der Waals surface area contributed by atoms with Gasteiger partial charge in [0.05, 0.1) is 11.9 Å². The third-order valence-electron chi connectivity index (χ3n) is 5.11. The zero-order valence-electron chi connectivity index (χ0n) is 17.1. The molecule has 3 aromatic rings. The van der Waals surface area contributed by atoms with Gasteiger partial charge in [0.25, 0.3) is 0 Å². The third-order valence-corrected chi connectivity index (χ3v) is 6.36. The number of benzene rings is 3. The minimum Gasteiger partial charge on any atom is -0.350 e. The van der Waals surface area contributed by atoms with Crippen LogP contribution in [0.1, 0.15) is 23.6 Å². The second-order valence-electron chi connectivity index (χ2n) is 7.40. The lowest BCUT2D eigenvalue weighted by Gasteiger charge is -2.28. The van der Waals surface area contributed by atoms with Gasteiger partial charge in [0.15, 0.2) is 0 Å². The van der Waals surface area contributed by atoms with Gasteiger partial charge in [-0.15, -0.1) is 0 Å². The van der Waals surface area contributed by atoms with Crippen molar-refractivity contribution in [3.05, 3.63) is 77.4 Å². The van der Waals surface area contributed by atoms with Crippen LogP contribution < -0.4 is 9.62 Å². The molecule has 0 saturated carbocycles. The summed E-state index contributed by atoms with van der Waals surface area (Å²) >= 11 is 0. The first kappa shape index (κ1) is 20.9. The zero-order valence-corrected chi connectivity index (χ0v) is 18.0. The second kappa shape index (κ2) is 8.25. The fourth-order valence-electron chi connectivity index (χ4n) is 3.36. The maximum atomic E-state index is 12.8. The van der Waals surface area contributed by atoms with Gasteiger partial charge in [-0.25, -0.2) is 8.42 Å². The van der Waals surface area contributed by atoms with Crippen molar-refractivity contribution in [1.29, 1.82) is 0 Å². The number of nitrogens with one attached hydrogen (secondary N) is 1. The Morgan fingerprint density at radius 2 is 1.66 bits per heavy atom. The standard InChI is InChI=1S/C23H26N2O3S/c1-16-9-12-22(13-17(16)2)25(29(4,27)28)18(3)23(26)24-15-19-10-11-20-7-5-6-8-21(20)14-19/h5-14,18H,15H2,1-4H3,(H,24,26)/t18-/m0/s1. The summed E-state index contributed by atoms with van der Waals surface area (Å²) in [4.78, 5) is 12.8. The van der Waals surface area contributed by atoms with Gasteiger partial charge in [-0.1, -0.05) is 42.5 Å². The number of aryl methyl sites for hydroxylation is 2. The lowest BCUT2D eigenvalue weighted by atomic mass is 10.1. The molecule has 0 unspecified atom stereocenters. The van der Waals surface area contributed by atoms with Crippen molar-refractivity contribution >= 4 is 32.4 Å². The van der Waals surface area contributed by atoms with Crippen LogP contribution in [-0.2, 0) is 21.4 Å². The van der Waals surface area contributed by atoms with Crippen LogP contribution in [0.4, 0.5) is 5.69 Å². The van der Waals surface area contributed by atoms with E-state index in [4.69, 9.17) is 0 Å².